The van der Waals surface area contributed by atoms with Crippen molar-refractivity contribution in [3.63, 3.8) is 0 Å². The SMILES string of the molecule is Cc1ccc(Br)cc1C(C)(N)C(F)F. The van der Waals surface area contributed by atoms with Crippen molar-refractivity contribution in [2.45, 2.75) is 25.8 Å². The van der Waals surface area contributed by atoms with E-state index >= 15 is 0 Å². The van der Waals surface area contributed by atoms with Gasteiger partial charge >= 0.3 is 0 Å². The van der Waals surface area contributed by atoms with Crippen molar-refractivity contribution in [1.82, 2.24) is 0 Å². The number of alkyl halides is 2. The summed E-state index contributed by atoms with van der Waals surface area (Å²) in [6, 6.07) is 5.22. The van der Waals surface area contributed by atoms with Gasteiger partial charge < -0.3 is 5.73 Å². The lowest BCUT2D eigenvalue weighted by Gasteiger charge is -2.26. The molecule has 1 unspecified atom stereocenters. The van der Waals surface area contributed by atoms with Crippen LogP contribution in [0.1, 0.15) is 18.1 Å². The van der Waals surface area contributed by atoms with Crippen molar-refractivity contribution in [2.24, 2.45) is 5.73 Å². The van der Waals surface area contributed by atoms with Crippen LogP contribution in [-0.2, 0) is 5.54 Å². The van der Waals surface area contributed by atoms with Crippen LogP contribution in [0.4, 0.5) is 8.78 Å². The average molecular weight is 264 g/mol. The fraction of sp³-hybridized carbons (Fsp3) is 0.400. The van der Waals surface area contributed by atoms with Crippen LogP contribution in [0.25, 0.3) is 0 Å². The van der Waals surface area contributed by atoms with Crippen molar-refractivity contribution < 1.29 is 8.78 Å². The number of rotatable bonds is 2. The van der Waals surface area contributed by atoms with Crippen molar-refractivity contribution in [3.8, 4) is 0 Å². The number of benzene rings is 1. The van der Waals surface area contributed by atoms with Gasteiger partial charge in [-0.3, -0.25) is 0 Å². The van der Waals surface area contributed by atoms with Gasteiger partial charge in [-0.15, -0.1) is 0 Å². The molecule has 0 aliphatic heterocycles. The highest BCUT2D eigenvalue weighted by Gasteiger charge is 2.33. The molecule has 78 valence electrons. The van der Waals surface area contributed by atoms with Crippen molar-refractivity contribution in [3.05, 3.63) is 33.8 Å². The Bertz CT molecular complexity index is 337. The van der Waals surface area contributed by atoms with Crippen LogP contribution >= 0.6 is 15.9 Å². The highest BCUT2D eigenvalue weighted by Crippen LogP contribution is 2.29. The minimum absolute atomic E-state index is 0.474. The van der Waals surface area contributed by atoms with Crippen LogP contribution in [0.2, 0.25) is 0 Å². The lowest BCUT2D eigenvalue weighted by molar-refractivity contribution is 0.0621. The van der Waals surface area contributed by atoms with Crippen LogP contribution in [-0.4, -0.2) is 6.43 Å². The average Bonchev–Trinajstić information content (AvgIpc) is 2.08. The predicted octanol–water partition coefficient (Wildman–Crippen LogP) is 3.20. The van der Waals surface area contributed by atoms with Crippen LogP contribution in [0.3, 0.4) is 0 Å². The summed E-state index contributed by atoms with van der Waals surface area (Å²) in [7, 11) is 0. The monoisotopic (exact) mass is 263 g/mol. The van der Waals surface area contributed by atoms with Crippen molar-refractivity contribution in [2.75, 3.05) is 0 Å². The molecule has 0 saturated heterocycles. The summed E-state index contributed by atoms with van der Waals surface area (Å²) in [5.74, 6) is 0. The second-order valence-electron chi connectivity index (χ2n) is 3.54. The van der Waals surface area contributed by atoms with E-state index in [9.17, 15) is 8.78 Å². The zero-order valence-electron chi connectivity index (χ0n) is 8.02. The highest BCUT2D eigenvalue weighted by molar-refractivity contribution is 9.10. The van der Waals surface area contributed by atoms with Gasteiger partial charge in [-0.2, -0.15) is 0 Å². The molecule has 0 spiro atoms. The Morgan fingerprint density at radius 3 is 2.50 bits per heavy atom. The van der Waals surface area contributed by atoms with Gasteiger partial charge in [0.2, 0.25) is 0 Å². The first-order valence-corrected chi connectivity index (χ1v) is 4.98. The molecule has 0 amide bonds. The molecule has 1 rings (SSSR count). The molecular weight excluding hydrogens is 252 g/mol. The molecule has 1 aromatic carbocycles. The molecule has 0 radical (unpaired) electrons. The molecule has 2 N–H and O–H groups in total. The third-order valence-corrected chi connectivity index (χ3v) is 2.73. The fourth-order valence-corrected chi connectivity index (χ4v) is 1.65. The first kappa shape index (κ1) is 11.6. The molecule has 0 bridgehead atoms. The number of halogens is 3. The van der Waals surface area contributed by atoms with Gasteiger partial charge in [-0.05, 0) is 37.1 Å². The topological polar surface area (TPSA) is 26.0 Å². The summed E-state index contributed by atoms with van der Waals surface area (Å²) < 4.78 is 26.1. The Morgan fingerprint density at radius 2 is 2.00 bits per heavy atom. The molecule has 4 heteroatoms. The van der Waals surface area contributed by atoms with E-state index in [1.54, 1.807) is 25.1 Å². The normalized spacial score (nSPS) is 15.6. The molecule has 0 fully saturated rings. The van der Waals surface area contributed by atoms with Gasteiger partial charge in [-0.25, -0.2) is 8.78 Å². The zero-order chi connectivity index (χ0) is 10.9. The van der Waals surface area contributed by atoms with Gasteiger partial charge in [0.15, 0.2) is 0 Å². The third-order valence-electron chi connectivity index (χ3n) is 2.23. The Labute approximate surface area is 90.4 Å². The molecule has 1 nitrogen and oxygen atoms in total. The van der Waals surface area contributed by atoms with Gasteiger partial charge in [0.1, 0.15) is 5.54 Å². The lowest BCUT2D eigenvalue weighted by atomic mass is 9.90. The predicted molar refractivity (Wildman–Crippen MR) is 56.4 cm³/mol. The second-order valence-corrected chi connectivity index (χ2v) is 4.46. The zero-order valence-corrected chi connectivity index (χ0v) is 9.61. The number of nitrogens with two attached hydrogens (primary N) is 1. The second kappa shape index (κ2) is 3.95. The van der Waals surface area contributed by atoms with E-state index in [1.807, 2.05) is 0 Å². The number of hydrogen-bond acceptors (Lipinski definition) is 1. The van der Waals surface area contributed by atoms with E-state index in [1.165, 1.54) is 6.92 Å². The summed E-state index contributed by atoms with van der Waals surface area (Å²) in [4.78, 5) is 0. The summed E-state index contributed by atoms with van der Waals surface area (Å²) in [6.07, 6.45) is -2.57. The van der Waals surface area contributed by atoms with Crippen LogP contribution in [0, 0.1) is 6.92 Å². The van der Waals surface area contributed by atoms with Gasteiger partial charge in [0.25, 0.3) is 6.43 Å². The fourth-order valence-electron chi connectivity index (χ4n) is 1.29. The Morgan fingerprint density at radius 1 is 1.43 bits per heavy atom. The van der Waals surface area contributed by atoms with Crippen molar-refractivity contribution >= 4 is 15.9 Å². The molecule has 1 aromatic rings. The minimum Gasteiger partial charge on any atom is -0.317 e. The van der Waals surface area contributed by atoms with E-state index in [0.29, 0.717) is 5.56 Å². The largest absolute Gasteiger partial charge is 0.317 e. The van der Waals surface area contributed by atoms with Gasteiger partial charge in [-0.1, -0.05) is 22.0 Å². The molecule has 14 heavy (non-hydrogen) atoms. The smallest absolute Gasteiger partial charge is 0.260 e. The first-order valence-electron chi connectivity index (χ1n) is 4.19. The van der Waals surface area contributed by atoms with E-state index in [0.717, 1.165) is 10.0 Å². The van der Waals surface area contributed by atoms with Crippen LogP contribution < -0.4 is 5.73 Å². The first-order chi connectivity index (χ1) is 6.35. The van der Waals surface area contributed by atoms with E-state index in [4.69, 9.17) is 5.73 Å². The van der Waals surface area contributed by atoms with Crippen LogP contribution in [0.5, 0.6) is 0 Å². The van der Waals surface area contributed by atoms with Crippen molar-refractivity contribution in [1.29, 1.82) is 0 Å². The number of aryl methyl sites for hydroxylation is 1. The molecule has 0 aliphatic rings. The lowest BCUT2D eigenvalue weighted by Crippen LogP contribution is -2.41. The standard InChI is InChI=1S/C10H12BrF2N/c1-6-3-4-7(11)5-8(6)10(2,14)9(12)13/h3-5,9H,14H2,1-2H3. The number of hydrogen-bond donors (Lipinski definition) is 1. The Hall–Kier alpha value is -0.480. The molecular formula is C10H12BrF2N. The molecule has 0 aromatic heterocycles. The Balaban J connectivity index is 3.24. The maximum absolute atomic E-state index is 12.7. The third kappa shape index (κ3) is 2.12. The Kier molecular flexibility index (Phi) is 3.27. The molecule has 0 heterocycles. The van der Waals surface area contributed by atoms with Gasteiger partial charge in [0, 0.05) is 4.47 Å². The minimum atomic E-state index is -2.57. The van der Waals surface area contributed by atoms with E-state index < -0.39 is 12.0 Å². The molecule has 0 aliphatic carbocycles. The summed E-state index contributed by atoms with van der Waals surface area (Å²) in [6.45, 7) is 3.11. The van der Waals surface area contributed by atoms with Gasteiger partial charge in [0.05, 0.1) is 0 Å². The summed E-state index contributed by atoms with van der Waals surface area (Å²) in [5.41, 5.74) is 5.24. The summed E-state index contributed by atoms with van der Waals surface area (Å²) in [5, 5.41) is 0. The maximum atomic E-state index is 12.7. The highest BCUT2D eigenvalue weighted by atomic mass is 79.9. The molecule has 0 saturated carbocycles. The molecule has 1 atom stereocenters. The van der Waals surface area contributed by atoms with E-state index in [2.05, 4.69) is 15.9 Å². The quantitative estimate of drug-likeness (QED) is 0.872. The maximum Gasteiger partial charge on any atom is 0.260 e. The van der Waals surface area contributed by atoms with E-state index in [-0.39, 0.29) is 0 Å². The van der Waals surface area contributed by atoms with Crippen LogP contribution in [0.15, 0.2) is 22.7 Å². The summed E-state index contributed by atoms with van der Waals surface area (Å²) >= 11 is 3.24.